The van der Waals surface area contributed by atoms with E-state index in [1.54, 1.807) is 0 Å². The Balaban J connectivity index is 2.37. The van der Waals surface area contributed by atoms with Crippen molar-refractivity contribution in [1.82, 2.24) is 10.6 Å². The lowest BCUT2D eigenvalue weighted by molar-refractivity contribution is 0.234. The number of aliphatic hydroxyl groups is 1. The first-order chi connectivity index (χ1) is 9.02. The normalized spacial score (nSPS) is 12.0. The van der Waals surface area contributed by atoms with E-state index in [9.17, 15) is 4.79 Å². The third kappa shape index (κ3) is 5.75. The second-order valence-electron chi connectivity index (χ2n) is 5.02. The van der Waals surface area contributed by atoms with Gasteiger partial charge in [-0.2, -0.15) is 0 Å². The molecule has 0 fully saturated rings. The molecular weight excluding hydrogens is 240 g/mol. The summed E-state index contributed by atoms with van der Waals surface area (Å²) >= 11 is 0. The molecule has 1 unspecified atom stereocenters. The fraction of sp³-hybridized carbons (Fsp3) is 0.533. The number of carbonyl (C=O) groups is 1. The van der Waals surface area contributed by atoms with Crippen molar-refractivity contribution in [3.05, 3.63) is 34.9 Å². The van der Waals surface area contributed by atoms with Crippen LogP contribution < -0.4 is 10.6 Å². The number of carbonyl (C=O) groups excluding carboxylic acids is 1. The summed E-state index contributed by atoms with van der Waals surface area (Å²) in [5.41, 5.74) is 3.54. The van der Waals surface area contributed by atoms with Crippen molar-refractivity contribution in [3.63, 3.8) is 0 Å². The minimum atomic E-state index is -0.162. The van der Waals surface area contributed by atoms with Gasteiger partial charge in [-0.25, -0.2) is 4.79 Å². The molecule has 1 aromatic carbocycles. The van der Waals surface area contributed by atoms with E-state index in [4.69, 9.17) is 5.11 Å². The summed E-state index contributed by atoms with van der Waals surface area (Å²) in [5, 5.41) is 14.4. The SMILES string of the molecule is Cc1ccc(CNC(=O)NC(C)CCCO)c(C)c1. The molecule has 0 radical (unpaired) electrons. The molecule has 0 heterocycles. The molecule has 0 saturated carbocycles. The second-order valence-corrected chi connectivity index (χ2v) is 5.02. The Morgan fingerprint density at radius 3 is 2.74 bits per heavy atom. The number of benzene rings is 1. The number of aryl methyl sites for hydroxylation is 2. The summed E-state index contributed by atoms with van der Waals surface area (Å²) in [5.74, 6) is 0. The maximum absolute atomic E-state index is 11.7. The van der Waals surface area contributed by atoms with Crippen LogP contribution in [-0.4, -0.2) is 23.8 Å². The van der Waals surface area contributed by atoms with Gasteiger partial charge in [0.15, 0.2) is 0 Å². The van der Waals surface area contributed by atoms with Crippen LogP contribution in [0.5, 0.6) is 0 Å². The number of amides is 2. The second kappa shape index (κ2) is 7.79. The van der Waals surface area contributed by atoms with Gasteiger partial charge in [-0.15, -0.1) is 0 Å². The van der Waals surface area contributed by atoms with Crippen LogP contribution in [0.25, 0.3) is 0 Å². The quantitative estimate of drug-likeness (QED) is 0.738. The van der Waals surface area contributed by atoms with E-state index >= 15 is 0 Å². The minimum absolute atomic E-state index is 0.0752. The Hall–Kier alpha value is -1.55. The van der Waals surface area contributed by atoms with Crippen LogP contribution in [0, 0.1) is 13.8 Å². The van der Waals surface area contributed by atoms with E-state index < -0.39 is 0 Å². The monoisotopic (exact) mass is 264 g/mol. The van der Waals surface area contributed by atoms with Crippen molar-refractivity contribution in [2.24, 2.45) is 0 Å². The van der Waals surface area contributed by atoms with Gasteiger partial charge in [-0.3, -0.25) is 0 Å². The van der Waals surface area contributed by atoms with Gasteiger partial charge >= 0.3 is 6.03 Å². The van der Waals surface area contributed by atoms with Crippen LogP contribution in [0.15, 0.2) is 18.2 Å². The lowest BCUT2D eigenvalue weighted by Crippen LogP contribution is -2.40. The summed E-state index contributed by atoms with van der Waals surface area (Å²) < 4.78 is 0. The third-order valence-electron chi connectivity index (χ3n) is 3.11. The third-order valence-corrected chi connectivity index (χ3v) is 3.11. The molecule has 106 valence electrons. The maximum atomic E-state index is 11.7. The molecule has 0 aliphatic heterocycles. The van der Waals surface area contributed by atoms with Gasteiger partial charge < -0.3 is 15.7 Å². The van der Waals surface area contributed by atoms with Crippen LogP contribution in [0.2, 0.25) is 0 Å². The van der Waals surface area contributed by atoms with Crippen molar-refractivity contribution >= 4 is 6.03 Å². The van der Waals surface area contributed by atoms with Crippen molar-refractivity contribution in [3.8, 4) is 0 Å². The molecule has 1 atom stereocenters. The molecular formula is C15H24N2O2. The van der Waals surface area contributed by atoms with Gasteiger partial charge in [0.05, 0.1) is 0 Å². The molecule has 4 heteroatoms. The van der Waals surface area contributed by atoms with Crippen LogP contribution in [-0.2, 0) is 6.54 Å². The molecule has 1 rings (SSSR count). The lowest BCUT2D eigenvalue weighted by atomic mass is 10.1. The van der Waals surface area contributed by atoms with Gasteiger partial charge in [-0.05, 0) is 44.7 Å². The average Bonchev–Trinajstić information content (AvgIpc) is 2.35. The zero-order valence-electron chi connectivity index (χ0n) is 12.0. The molecule has 0 aromatic heterocycles. The number of urea groups is 1. The van der Waals surface area contributed by atoms with E-state index in [2.05, 4.69) is 23.6 Å². The van der Waals surface area contributed by atoms with E-state index in [1.807, 2.05) is 26.0 Å². The number of hydrogen-bond acceptors (Lipinski definition) is 2. The summed E-state index contributed by atoms with van der Waals surface area (Å²) in [7, 11) is 0. The number of aliphatic hydroxyl groups excluding tert-OH is 1. The first kappa shape index (κ1) is 15.5. The van der Waals surface area contributed by atoms with E-state index in [-0.39, 0.29) is 18.7 Å². The predicted molar refractivity (Wildman–Crippen MR) is 77.1 cm³/mol. The van der Waals surface area contributed by atoms with E-state index in [0.717, 1.165) is 12.0 Å². The van der Waals surface area contributed by atoms with Crippen molar-refractivity contribution in [2.75, 3.05) is 6.61 Å². The molecule has 0 bridgehead atoms. The number of rotatable bonds is 6. The zero-order valence-corrected chi connectivity index (χ0v) is 12.0. The van der Waals surface area contributed by atoms with E-state index in [0.29, 0.717) is 13.0 Å². The van der Waals surface area contributed by atoms with Gasteiger partial charge in [0, 0.05) is 19.2 Å². The highest BCUT2D eigenvalue weighted by Crippen LogP contribution is 2.09. The smallest absolute Gasteiger partial charge is 0.315 e. The summed E-state index contributed by atoms with van der Waals surface area (Å²) in [6.07, 6.45) is 1.49. The topological polar surface area (TPSA) is 61.4 Å². The highest BCUT2D eigenvalue weighted by atomic mass is 16.3. The molecule has 0 aliphatic rings. The van der Waals surface area contributed by atoms with Crippen molar-refractivity contribution < 1.29 is 9.90 Å². The molecule has 2 amide bonds. The van der Waals surface area contributed by atoms with Crippen molar-refractivity contribution in [1.29, 1.82) is 0 Å². The molecule has 0 saturated heterocycles. The van der Waals surface area contributed by atoms with Gasteiger partial charge in [0.2, 0.25) is 0 Å². The van der Waals surface area contributed by atoms with Crippen LogP contribution in [0.1, 0.15) is 36.5 Å². The fourth-order valence-corrected chi connectivity index (χ4v) is 1.96. The Labute approximate surface area is 115 Å². The molecule has 0 spiro atoms. The first-order valence-corrected chi connectivity index (χ1v) is 6.74. The Morgan fingerprint density at radius 2 is 2.11 bits per heavy atom. The highest BCUT2D eigenvalue weighted by Gasteiger charge is 2.07. The first-order valence-electron chi connectivity index (χ1n) is 6.74. The van der Waals surface area contributed by atoms with E-state index in [1.165, 1.54) is 11.1 Å². The number of hydrogen-bond donors (Lipinski definition) is 3. The van der Waals surface area contributed by atoms with Gasteiger partial charge in [0.1, 0.15) is 0 Å². The standard InChI is InChI=1S/C15H24N2O2/c1-11-6-7-14(12(2)9-11)10-16-15(19)17-13(3)5-4-8-18/h6-7,9,13,18H,4-5,8,10H2,1-3H3,(H2,16,17,19). The van der Waals surface area contributed by atoms with Crippen LogP contribution in [0.3, 0.4) is 0 Å². The molecule has 3 N–H and O–H groups in total. The van der Waals surface area contributed by atoms with Crippen molar-refractivity contribution in [2.45, 2.75) is 46.2 Å². The highest BCUT2D eigenvalue weighted by molar-refractivity contribution is 5.74. The lowest BCUT2D eigenvalue weighted by Gasteiger charge is -2.14. The summed E-state index contributed by atoms with van der Waals surface area (Å²) in [4.78, 5) is 11.7. The largest absolute Gasteiger partial charge is 0.396 e. The predicted octanol–water partition coefficient (Wildman–Crippen LogP) is 2.26. The van der Waals surface area contributed by atoms with Gasteiger partial charge in [-0.1, -0.05) is 23.8 Å². The average molecular weight is 264 g/mol. The maximum Gasteiger partial charge on any atom is 0.315 e. The zero-order chi connectivity index (χ0) is 14.3. The van der Waals surface area contributed by atoms with Gasteiger partial charge in [0.25, 0.3) is 0 Å². The molecule has 19 heavy (non-hydrogen) atoms. The Kier molecular flexibility index (Phi) is 6.36. The summed E-state index contributed by atoms with van der Waals surface area (Å²) in [6, 6.07) is 6.11. The minimum Gasteiger partial charge on any atom is -0.396 e. The molecule has 0 aliphatic carbocycles. The van der Waals surface area contributed by atoms with Crippen LogP contribution in [0.4, 0.5) is 4.79 Å². The fourth-order valence-electron chi connectivity index (χ4n) is 1.96. The molecule has 4 nitrogen and oxygen atoms in total. The Bertz CT molecular complexity index is 419. The Morgan fingerprint density at radius 1 is 1.37 bits per heavy atom. The number of nitrogens with one attached hydrogen (secondary N) is 2. The summed E-state index contributed by atoms with van der Waals surface area (Å²) in [6.45, 7) is 6.73. The molecule has 1 aromatic rings. The van der Waals surface area contributed by atoms with Crippen LogP contribution >= 0.6 is 0 Å².